The van der Waals surface area contributed by atoms with E-state index in [-0.39, 0.29) is 6.03 Å². The number of methoxy groups -OCH3 is 2. The van der Waals surface area contributed by atoms with Gasteiger partial charge in [-0.2, -0.15) is 5.10 Å². The van der Waals surface area contributed by atoms with E-state index in [0.29, 0.717) is 23.5 Å². The van der Waals surface area contributed by atoms with Crippen molar-refractivity contribution in [2.45, 2.75) is 57.4 Å². The van der Waals surface area contributed by atoms with Gasteiger partial charge in [0.05, 0.1) is 20.4 Å². The van der Waals surface area contributed by atoms with Crippen LogP contribution in [0.25, 0.3) is 10.8 Å². The number of benzene rings is 1. The zero-order valence-electron chi connectivity index (χ0n) is 20.2. The Morgan fingerprint density at radius 2 is 1.79 bits per heavy atom. The standard InChI is InChI=1S/C25H37N5O3/c1-29(25(31)27-20-7-5-4-6-8-20)12-9-18-10-13-30(14-11-18)24-21-16-23(33-3)22(32-2)15-19(21)17-26-28-24/h15-18,20H,4-14H2,1-3H3,(H,27,31). The lowest BCUT2D eigenvalue weighted by Gasteiger charge is -2.34. The molecule has 2 fully saturated rings. The summed E-state index contributed by atoms with van der Waals surface area (Å²) < 4.78 is 10.9. The van der Waals surface area contributed by atoms with Gasteiger partial charge in [-0.3, -0.25) is 0 Å². The van der Waals surface area contributed by atoms with Gasteiger partial charge in [0.1, 0.15) is 0 Å². The van der Waals surface area contributed by atoms with Crippen molar-refractivity contribution in [2.75, 3.05) is 45.8 Å². The molecule has 1 aromatic heterocycles. The molecule has 1 aliphatic heterocycles. The second-order valence-electron chi connectivity index (χ2n) is 9.39. The van der Waals surface area contributed by atoms with Crippen LogP contribution in [0.5, 0.6) is 11.5 Å². The molecule has 8 heteroatoms. The van der Waals surface area contributed by atoms with E-state index in [2.05, 4.69) is 20.4 Å². The Morgan fingerprint density at radius 1 is 1.09 bits per heavy atom. The smallest absolute Gasteiger partial charge is 0.317 e. The van der Waals surface area contributed by atoms with Crippen LogP contribution in [-0.4, -0.2) is 68.1 Å². The minimum Gasteiger partial charge on any atom is -0.493 e. The van der Waals surface area contributed by atoms with Crippen molar-refractivity contribution in [2.24, 2.45) is 5.92 Å². The van der Waals surface area contributed by atoms with Crippen molar-refractivity contribution in [3.8, 4) is 11.5 Å². The van der Waals surface area contributed by atoms with E-state index in [1.165, 1.54) is 19.3 Å². The third-order valence-electron chi connectivity index (χ3n) is 7.21. The van der Waals surface area contributed by atoms with Crippen LogP contribution in [0.2, 0.25) is 0 Å². The molecule has 0 bridgehead atoms. The number of piperidine rings is 1. The molecule has 2 amide bonds. The number of urea groups is 1. The number of fused-ring (bicyclic) bond motifs is 1. The first-order valence-corrected chi connectivity index (χ1v) is 12.2. The van der Waals surface area contributed by atoms with Crippen molar-refractivity contribution in [1.82, 2.24) is 20.4 Å². The molecule has 1 saturated heterocycles. The minimum atomic E-state index is 0.0785. The summed E-state index contributed by atoms with van der Waals surface area (Å²) in [6, 6.07) is 4.38. The molecule has 0 spiro atoms. The SMILES string of the molecule is COc1cc2cnnc(N3CCC(CCN(C)C(=O)NC4CCCCC4)CC3)c2cc1OC. The summed E-state index contributed by atoms with van der Waals surface area (Å²) in [4.78, 5) is 16.7. The monoisotopic (exact) mass is 455 g/mol. The van der Waals surface area contributed by atoms with E-state index in [9.17, 15) is 4.79 Å². The number of carbonyl (C=O) groups excluding carboxylic acids is 1. The van der Waals surface area contributed by atoms with Crippen molar-refractivity contribution in [3.05, 3.63) is 18.3 Å². The highest BCUT2D eigenvalue weighted by atomic mass is 16.5. The number of hydrogen-bond acceptors (Lipinski definition) is 6. The molecule has 2 aliphatic rings. The van der Waals surface area contributed by atoms with Crippen LogP contribution in [0.3, 0.4) is 0 Å². The predicted octanol–water partition coefficient (Wildman–Crippen LogP) is 4.23. The molecular formula is C25H37N5O3. The quantitative estimate of drug-likeness (QED) is 0.673. The van der Waals surface area contributed by atoms with E-state index in [1.54, 1.807) is 20.4 Å². The van der Waals surface area contributed by atoms with Gasteiger partial charge in [0.2, 0.25) is 0 Å². The zero-order chi connectivity index (χ0) is 23.2. The highest BCUT2D eigenvalue weighted by Gasteiger charge is 2.24. The summed E-state index contributed by atoms with van der Waals surface area (Å²) in [5.74, 6) is 2.91. The van der Waals surface area contributed by atoms with Crippen LogP contribution in [0.1, 0.15) is 51.4 Å². The first kappa shape index (κ1) is 23.4. The number of hydrogen-bond donors (Lipinski definition) is 1. The Labute approximate surface area is 196 Å². The molecule has 1 saturated carbocycles. The Balaban J connectivity index is 1.30. The molecular weight excluding hydrogens is 418 g/mol. The average molecular weight is 456 g/mol. The molecule has 180 valence electrons. The molecule has 1 aliphatic carbocycles. The molecule has 2 aromatic rings. The van der Waals surface area contributed by atoms with E-state index >= 15 is 0 Å². The largest absolute Gasteiger partial charge is 0.493 e. The van der Waals surface area contributed by atoms with Crippen LogP contribution in [-0.2, 0) is 0 Å². The van der Waals surface area contributed by atoms with E-state index in [1.807, 2.05) is 24.1 Å². The minimum absolute atomic E-state index is 0.0785. The summed E-state index contributed by atoms with van der Waals surface area (Å²) in [6.07, 6.45) is 11.0. The number of nitrogens with one attached hydrogen (secondary N) is 1. The van der Waals surface area contributed by atoms with Gasteiger partial charge < -0.3 is 24.6 Å². The molecule has 2 heterocycles. The van der Waals surface area contributed by atoms with Crippen LogP contribution in [0.4, 0.5) is 10.6 Å². The van der Waals surface area contributed by atoms with Gasteiger partial charge in [0.25, 0.3) is 0 Å². The summed E-state index contributed by atoms with van der Waals surface area (Å²) in [5, 5.41) is 13.9. The molecule has 0 atom stereocenters. The lowest BCUT2D eigenvalue weighted by atomic mass is 9.93. The van der Waals surface area contributed by atoms with Gasteiger partial charge in [-0.1, -0.05) is 19.3 Å². The second kappa shape index (κ2) is 10.9. The van der Waals surface area contributed by atoms with Crippen molar-refractivity contribution in [3.63, 3.8) is 0 Å². The number of amides is 2. The van der Waals surface area contributed by atoms with Gasteiger partial charge in [0.15, 0.2) is 17.3 Å². The predicted molar refractivity (Wildman–Crippen MR) is 130 cm³/mol. The third-order valence-corrected chi connectivity index (χ3v) is 7.21. The van der Waals surface area contributed by atoms with Crippen LogP contribution >= 0.6 is 0 Å². The highest BCUT2D eigenvalue weighted by Crippen LogP contribution is 2.36. The summed E-state index contributed by atoms with van der Waals surface area (Å²) in [6.45, 7) is 2.67. The Bertz CT molecular complexity index is 939. The fourth-order valence-electron chi connectivity index (χ4n) is 5.07. The molecule has 0 unspecified atom stereocenters. The van der Waals surface area contributed by atoms with E-state index in [0.717, 1.165) is 68.3 Å². The number of anilines is 1. The maximum absolute atomic E-state index is 12.5. The number of ether oxygens (including phenoxy) is 2. The highest BCUT2D eigenvalue weighted by molar-refractivity contribution is 5.94. The van der Waals surface area contributed by atoms with Crippen molar-refractivity contribution >= 4 is 22.6 Å². The first-order chi connectivity index (χ1) is 16.1. The van der Waals surface area contributed by atoms with E-state index in [4.69, 9.17) is 9.47 Å². The van der Waals surface area contributed by atoms with Gasteiger partial charge in [-0.15, -0.1) is 5.10 Å². The normalized spacial score (nSPS) is 17.7. The lowest BCUT2D eigenvalue weighted by molar-refractivity contribution is 0.195. The maximum Gasteiger partial charge on any atom is 0.317 e. The van der Waals surface area contributed by atoms with Crippen LogP contribution < -0.4 is 19.7 Å². The van der Waals surface area contributed by atoms with Crippen molar-refractivity contribution < 1.29 is 14.3 Å². The fourth-order valence-corrected chi connectivity index (χ4v) is 5.07. The molecule has 4 rings (SSSR count). The zero-order valence-corrected chi connectivity index (χ0v) is 20.2. The van der Waals surface area contributed by atoms with Gasteiger partial charge in [-0.05, 0) is 50.2 Å². The molecule has 8 nitrogen and oxygen atoms in total. The van der Waals surface area contributed by atoms with Gasteiger partial charge >= 0.3 is 6.03 Å². The summed E-state index contributed by atoms with van der Waals surface area (Å²) in [5.41, 5.74) is 0. The Hall–Kier alpha value is -2.77. The van der Waals surface area contributed by atoms with E-state index < -0.39 is 0 Å². The number of rotatable bonds is 7. The second-order valence-corrected chi connectivity index (χ2v) is 9.39. The molecule has 1 aromatic carbocycles. The van der Waals surface area contributed by atoms with Gasteiger partial charge in [0, 0.05) is 43.5 Å². The Morgan fingerprint density at radius 3 is 2.48 bits per heavy atom. The molecule has 1 N–H and O–H groups in total. The number of carbonyl (C=O) groups is 1. The van der Waals surface area contributed by atoms with Crippen molar-refractivity contribution in [1.29, 1.82) is 0 Å². The third kappa shape index (κ3) is 5.60. The maximum atomic E-state index is 12.5. The van der Waals surface area contributed by atoms with Crippen LogP contribution in [0, 0.1) is 5.92 Å². The van der Waals surface area contributed by atoms with Crippen LogP contribution in [0.15, 0.2) is 18.3 Å². The molecule has 33 heavy (non-hydrogen) atoms. The molecule has 0 radical (unpaired) electrons. The first-order valence-electron chi connectivity index (χ1n) is 12.2. The Kier molecular flexibility index (Phi) is 7.73. The number of nitrogens with zero attached hydrogens (tertiary/aromatic N) is 4. The van der Waals surface area contributed by atoms with Gasteiger partial charge in [-0.25, -0.2) is 4.79 Å². The summed E-state index contributed by atoms with van der Waals surface area (Å²) >= 11 is 0. The number of aromatic nitrogens is 2. The summed E-state index contributed by atoms with van der Waals surface area (Å²) in [7, 11) is 5.21. The topological polar surface area (TPSA) is 79.8 Å². The fraction of sp³-hybridized carbons (Fsp3) is 0.640. The lowest BCUT2D eigenvalue weighted by Crippen LogP contribution is -2.44. The average Bonchev–Trinajstić information content (AvgIpc) is 2.86.